The van der Waals surface area contributed by atoms with E-state index in [4.69, 9.17) is 4.74 Å². The van der Waals surface area contributed by atoms with E-state index in [1.54, 1.807) is 0 Å². The largest absolute Gasteiger partial charge is 0.489 e. The Labute approximate surface area is 176 Å². The van der Waals surface area contributed by atoms with Crippen molar-refractivity contribution in [1.82, 2.24) is 0 Å². The number of ether oxygens (including phenoxy) is 1. The summed E-state index contributed by atoms with van der Waals surface area (Å²) in [5.41, 5.74) is 1.11. The molecule has 0 bridgehead atoms. The third kappa shape index (κ3) is 4.10. The van der Waals surface area contributed by atoms with Crippen molar-refractivity contribution in [3.05, 3.63) is 101 Å². The average Bonchev–Trinajstić information content (AvgIpc) is 2.97. The van der Waals surface area contributed by atoms with Crippen LogP contribution in [-0.4, -0.2) is 11.2 Å². The van der Waals surface area contributed by atoms with Gasteiger partial charge in [0.25, 0.3) is 0 Å². The minimum atomic E-state index is -0.972. The second-order valence-electron chi connectivity index (χ2n) is 8.01. The summed E-state index contributed by atoms with van der Waals surface area (Å²) in [5, 5.41) is 11.1. The minimum absolute atomic E-state index is 0.231. The van der Waals surface area contributed by atoms with Crippen LogP contribution in [0.3, 0.4) is 0 Å². The molecule has 2 unspecified atom stereocenters. The molecule has 0 spiro atoms. The first-order valence-corrected chi connectivity index (χ1v) is 10.5. The molecule has 3 aromatic rings. The Kier molecular flexibility index (Phi) is 6.14. The van der Waals surface area contributed by atoms with E-state index in [-0.39, 0.29) is 5.56 Å². The molecular weight excluding hydrogens is 382 g/mol. The van der Waals surface area contributed by atoms with E-state index in [1.807, 2.05) is 54.6 Å². The zero-order chi connectivity index (χ0) is 21.0. The lowest BCUT2D eigenvalue weighted by Gasteiger charge is -2.38. The lowest BCUT2D eigenvalue weighted by molar-refractivity contribution is 0.0924. The van der Waals surface area contributed by atoms with Crippen LogP contribution in [0.15, 0.2) is 72.8 Å². The third-order valence-electron chi connectivity index (χ3n) is 6.14. The number of hydrogen-bond donors (Lipinski definition) is 1. The van der Waals surface area contributed by atoms with Gasteiger partial charge in [-0.1, -0.05) is 61.7 Å². The summed E-state index contributed by atoms with van der Waals surface area (Å²) < 4.78 is 34.8. The SMILES string of the molecule is OC1CCCCCC1(c1ccc(OCc2ccccc2)cc1)c1cc(F)ccc1F. The van der Waals surface area contributed by atoms with Gasteiger partial charge in [0.1, 0.15) is 24.0 Å². The van der Waals surface area contributed by atoms with Gasteiger partial charge >= 0.3 is 0 Å². The molecule has 1 aliphatic carbocycles. The van der Waals surface area contributed by atoms with Crippen LogP contribution >= 0.6 is 0 Å². The van der Waals surface area contributed by atoms with Crippen LogP contribution in [0.25, 0.3) is 0 Å². The molecule has 1 aliphatic rings. The Morgan fingerprint density at radius 3 is 2.43 bits per heavy atom. The van der Waals surface area contributed by atoms with E-state index >= 15 is 0 Å². The summed E-state index contributed by atoms with van der Waals surface area (Å²) in [7, 11) is 0. The summed E-state index contributed by atoms with van der Waals surface area (Å²) in [5.74, 6) is -0.285. The zero-order valence-electron chi connectivity index (χ0n) is 16.9. The van der Waals surface area contributed by atoms with E-state index in [9.17, 15) is 13.9 Å². The molecule has 1 saturated carbocycles. The minimum Gasteiger partial charge on any atom is -0.489 e. The Bertz CT molecular complexity index is 972. The maximum atomic E-state index is 14.9. The lowest BCUT2D eigenvalue weighted by Crippen LogP contribution is -2.41. The second kappa shape index (κ2) is 8.97. The molecule has 4 rings (SSSR count). The fourth-order valence-electron chi connectivity index (χ4n) is 4.57. The molecule has 1 N–H and O–H groups in total. The maximum Gasteiger partial charge on any atom is 0.127 e. The lowest BCUT2D eigenvalue weighted by atomic mass is 9.67. The molecule has 156 valence electrons. The van der Waals surface area contributed by atoms with Crippen LogP contribution in [0.4, 0.5) is 8.78 Å². The van der Waals surface area contributed by atoms with Gasteiger partial charge in [-0.15, -0.1) is 0 Å². The normalized spacial score (nSPS) is 21.8. The fraction of sp³-hybridized carbons (Fsp3) is 0.308. The maximum absolute atomic E-state index is 14.9. The summed E-state index contributed by atoms with van der Waals surface area (Å²) in [4.78, 5) is 0. The van der Waals surface area contributed by atoms with Crippen molar-refractivity contribution >= 4 is 0 Å². The molecule has 1 fully saturated rings. The van der Waals surface area contributed by atoms with E-state index in [0.717, 1.165) is 42.5 Å². The molecule has 0 radical (unpaired) electrons. The number of rotatable bonds is 5. The van der Waals surface area contributed by atoms with Gasteiger partial charge in [0.2, 0.25) is 0 Å². The second-order valence-corrected chi connectivity index (χ2v) is 8.01. The highest BCUT2D eigenvalue weighted by Gasteiger charge is 2.43. The molecule has 2 atom stereocenters. The van der Waals surface area contributed by atoms with Crippen molar-refractivity contribution in [3.8, 4) is 5.75 Å². The highest BCUT2D eigenvalue weighted by atomic mass is 19.1. The van der Waals surface area contributed by atoms with Crippen molar-refractivity contribution in [2.75, 3.05) is 0 Å². The van der Waals surface area contributed by atoms with Gasteiger partial charge in [0.05, 0.1) is 6.10 Å². The molecule has 0 amide bonds. The van der Waals surface area contributed by atoms with Crippen LogP contribution in [0.2, 0.25) is 0 Å². The molecule has 4 heteroatoms. The standard InChI is InChI=1S/C26H26F2O2/c27-21-12-15-24(28)23(17-21)26(16-6-2-5-9-25(26)29)20-10-13-22(14-11-20)30-18-19-7-3-1-4-8-19/h1,3-4,7-8,10-15,17,25,29H,2,5-6,9,16,18H2. The Morgan fingerprint density at radius 2 is 1.67 bits per heavy atom. The Balaban J connectivity index is 1.68. The van der Waals surface area contributed by atoms with Crippen molar-refractivity contribution in [3.63, 3.8) is 0 Å². The quantitative estimate of drug-likeness (QED) is 0.513. The predicted octanol–water partition coefficient (Wildman–Crippen LogP) is 6.15. The van der Waals surface area contributed by atoms with Crippen LogP contribution in [0, 0.1) is 11.6 Å². The number of benzene rings is 3. The van der Waals surface area contributed by atoms with Gasteiger partial charge in [-0.3, -0.25) is 0 Å². The van der Waals surface area contributed by atoms with E-state index in [1.165, 1.54) is 6.07 Å². The van der Waals surface area contributed by atoms with Gasteiger partial charge < -0.3 is 9.84 Å². The van der Waals surface area contributed by atoms with Gasteiger partial charge in [0.15, 0.2) is 0 Å². The summed E-state index contributed by atoms with van der Waals surface area (Å²) >= 11 is 0. The molecule has 0 heterocycles. The van der Waals surface area contributed by atoms with Crippen molar-refractivity contribution in [2.24, 2.45) is 0 Å². The predicted molar refractivity (Wildman–Crippen MR) is 113 cm³/mol. The zero-order valence-corrected chi connectivity index (χ0v) is 16.9. The average molecular weight is 408 g/mol. The van der Waals surface area contributed by atoms with Crippen molar-refractivity contribution in [1.29, 1.82) is 0 Å². The Hall–Kier alpha value is -2.72. The topological polar surface area (TPSA) is 29.5 Å². The van der Waals surface area contributed by atoms with Crippen LogP contribution in [-0.2, 0) is 12.0 Å². The van der Waals surface area contributed by atoms with Crippen molar-refractivity contribution in [2.45, 2.75) is 50.2 Å². The van der Waals surface area contributed by atoms with E-state index in [0.29, 0.717) is 25.2 Å². The first-order valence-electron chi connectivity index (χ1n) is 10.5. The first-order chi connectivity index (χ1) is 14.6. The molecule has 30 heavy (non-hydrogen) atoms. The molecule has 2 nitrogen and oxygen atoms in total. The monoisotopic (exact) mass is 408 g/mol. The molecule has 3 aromatic carbocycles. The summed E-state index contributed by atoms with van der Waals surface area (Å²) in [6, 6.07) is 20.8. The van der Waals surface area contributed by atoms with Gasteiger partial charge in [-0.25, -0.2) is 8.78 Å². The third-order valence-corrected chi connectivity index (χ3v) is 6.14. The smallest absolute Gasteiger partial charge is 0.127 e. The number of hydrogen-bond acceptors (Lipinski definition) is 2. The highest BCUT2D eigenvalue weighted by Crippen LogP contribution is 2.45. The highest BCUT2D eigenvalue weighted by molar-refractivity contribution is 5.44. The Morgan fingerprint density at radius 1 is 0.900 bits per heavy atom. The van der Waals surface area contributed by atoms with Gasteiger partial charge in [-0.05, 0) is 54.3 Å². The number of aliphatic hydroxyl groups is 1. The molecular formula is C26H26F2O2. The fourth-order valence-corrected chi connectivity index (χ4v) is 4.57. The number of aliphatic hydroxyl groups excluding tert-OH is 1. The van der Waals surface area contributed by atoms with E-state index < -0.39 is 23.2 Å². The molecule has 0 aromatic heterocycles. The van der Waals surface area contributed by atoms with Crippen molar-refractivity contribution < 1.29 is 18.6 Å². The summed E-state index contributed by atoms with van der Waals surface area (Å²) in [6.07, 6.45) is 3.03. The first kappa shape index (κ1) is 20.5. The summed E-state index contributed by atoms with van der Waals surface area (Å²) in [6.45, 7) is 0.451. The van der Waals surface area contributed by atoms with Crippen LogP contribution < -0.4 is 4.74 Å². The van der Waals surface area contributed by atoms with Gasteiger partial charge in [0, 0.05) is 11.0 Å². The van der Waals surface area contributed by atoms with Crippen LogP contribution in [0.5, 0.6) is 5.75 Å². The molecule has 0 aliphatic heterocycles. The van der Waals surface area contributed by atoms with E-state index in [2.05, 4.69) is 0 Å². The number of halogens is 2. The van der Waals surface area contributed by atoms with Crippen LogP contribution in [0.1, 0.15) is 48.8 Å². The van der Waals surface area contributed by atoms with Gasteiger partial charge in [-0.2, -0.15) is 0 Å². The molecule has 0 saturated heterocycles.